The van der Waals surface area contributed by atoms with Gasteiger partial charge in [-0.15, -0.1) is 0 Å². The van der Waals surface area contributed by atoms with Crippen LogP contribution >= 0.6 is 0 Å². The second-order valence-electron chi connectivity index (χ2n) is 5.38. The van der Waals surface area contributed by atoms with E-state index in [2.05, 4.69) is 0 Å². The maximum Gasteiger partial charge on any atom is 0.305 e. The Labute approximate surface area is 115 Å². The van der Waals surface area contributed by atoms with Crippen molar-refractivity contribution in [2.75, 3.05) is 26.4 Å². The zero-order chi connectivity index (χ0) is 14.6. The number of hydrogen-bond donors (Lipinski definition) is 3. The Morgan fingerprint density at radius 2 is 1.47 bits per heavy atom. The number of carbonyl (C=O) groups is 1. The van der Waals surface area contributed by atoms with Crippen molar-refractivity contribution >= 4 is 5.97 Å². The van der Waals surface area contributed by atoms with Crippen molar-refractivity contribution in [3.8, 4) is 0 Å². The Morgan fingerprint density at radius 1 is 0.947 bits per heavy atom. The molecule has 0 aromatic heterocycles. The third-order valence-corrected chi connectivity index (χ3v) is 3.13. The molecule has 0 aliphatic heterocycles. The second kappa shape index (κ2) is 11.2. The fourth-order valence-electron chi connectivity index (χ4n) is 1.56. The van der Waals surface area contributed by atoms with Crippen LogP contribution < -0.4 is 0 Å². The van der Waals surface area contributed by atoms with Gasteiger partial charge in [-0.05, 0) is 12.8 Å². The van der Waals surface area contributed by atoms with Crippen LogP contribution in [-0.2, 0) is 9.53 Å². The first-order chi connectivity index (χ1) is 9.08. The Balaban J connectivity index is 3.49. The van der Waals surface area contributed by atoms with Gasteiger partial charge >= 0.3 is 5.97 Å². The minimum absolute atomic E-state index is 0.0509. The molecule has 3 N–H and O–H groups in total. The third kappa shape index (κ3) is 9.87. The summed E-state index contributed by atoms with van der Waals surface area (Å²) in [5.74, 6) is -0.275. The van der Waals surface area contributed by atoms with E-state index in [-0.39, 0.29) is 32.4 Å². The zero-order valence-corrected chi connectivity index (χ0v) is 11.9. The van der Waals surface area contributed by atoms with Crippen LogP contribution in [0.2, 0.25) is 0 Å². The molecule has 0 aromatic rings. The van der Waals surface area contributed by atoms with Gasteiger partial charge in [0.2, 0.25) is 0 Å². The highest BCUT2D eigenvalue weighted by Gasteiger charge is 2.24. The van der Waals surface area contributed by atoms with Crippen molar-refractivity contribution in [2.45, 2.75) is 51.9 Å². The molecule has 0 saturated carbocycles. The third-order valence-electron chi connectivity index (χ3n) is 3.13. The molecule has 0 aliphatic carbocycles. The van der Waals surface area contributed by atoms with Crippen molar-refractivity contribution in [3.05, 3.63) is 0 Å². The minimum Gasteiger partial charge on any atom is -0.465 e. The molecule has 0 atom stereocenters. The molecular weight excluding hydrogens is 248 g/mol. The molecule has 0 fully saturated rings. The lowest BCUT2D eigenvalue weighted by molar-refractivity contribution is -0.149. The molecule has 0 rings (SSSR count). The van der Waals surface area contributed by atoms with Crippen LogP contribution in [0.1, 0.15) is 51.9 Å². The zero-order valence-electron chi connectivity index (χ0n) is 11.9. The first-order valence-corrected chi connectivity index (χ1v) is 7.06. The number of ether oxygens (including phenoxy) is 1. The number of hydrogen-bond acceptors (Lipinski definition) is 5. The highest BCUT2D eigenvalue weighted by atomic mass is 16.5. The van der Waals surface area contributed by atoms with Gasteiger partial charge in [-0.25, -0.2) is 0 Å². The monoisotopic (exact) mass is 276 g/mol. The smallest absolute Gasteiger partial charge is 0.305 e. The van der Waals surface area contributed by atoms with Crippen molar-refractivity contribution in [3.63, 3.8) is 0 Å². The van der Waals surface area contributed by atoms with Crippen molar-refractivity contribution in [1.82, 2.24) is 0 Å². The molecule has 5 nitrogen and oxygen atoms in total. The van der Waals surface area contributed by atoms with Gasteiger partial charge in [0.05, 0.1) is 13.2 Å². The van der Waals surface area contributed by atoms with Gasteiger partial charge in [0.1, 0.15) is 6.61 Å². The van der Waals surface area contributed by atoms with E-state index in [0.717, 1.165) is 38.5 Å². The normalized spacial score (nSPS) is 11.6. The highest BCUT2D eigenvalue weighted by Crippen LogP contribution is 2.15. The fourth-order valence-corrected chi connectivity index (χ4v) is 1.56. The maximum atomic E-state index is 11.4. The highest BCUT2D eigenvalue weighted by molar-refractivity contribution is 5.69. The van der Waals surface area contributed by atoms with E-state index in [1.807, 2.05) is 0 Å². The van der Waals surface area contributed by atoms with Crippen LogP contribution in [0, 0.1) is 5.41 Å². The van der Waals surface area contributed by atoms with Crippen LogP contribution in [0.3, 0.4) is 0 Å². The van der Waals surface area contributed by atoms with E-state index >= 15 is 0 Å². The summed E-state index contributed by atoms with van der Waals surface area (Å²) in [6, 6.07) is 0. The minimum atomic E-state index is -0.750. The molecule has 0 aliphatic rings. The number of unbranched alkanes of at least 4 members (excludes halogenated alkanes) is 5. The van der Waals surface area contributed by atoms with Crippen LogP contribution in [0.4, 0.5) is 0 Å². The summed E-state index contributed by atoms with van der Waals surface area (Å²) in [5, 5.41) is 26.7. The van der Waals surface area contributed by atoms with Crippen molar-refractivity contribution < 1.29 is 24.9 Å². The Bertz CT molecular complexity index is 226. The summed E-state index contributed by atoms with van der Waals surface area (Å²) in [4.78, 5) is 11.4. The summed E-state index contributed by atoms with van der Waals surface area (Å²) in [5.41, 5.74) is -0.750. The Kier molecular flexibility index (Phi) is 10.8. The fraction of sp³-hybridized carbons (Fsp3) is 0.929. The number of rotatable bonds is 12. The lowest BCUT2D eigenvalue weighted by atomic mass is 9.94. The van der Waals surface area contributed by atoms with Crippen molar-refractivity contribution in [1.29, 1.82) is 0 Å². The summed E-state index contributed by atoms with van der Waals surface area (Å²) in [6.07, 6.45) is 6.20. The average molecular weight is 276 g/mol. The number of carbonyl (C=O) groups excluding carboxylic acids is 1. The summed E-state index contributed by atoms with van der Waals surface area (Å²) < 4.78 is 5.04. The van der Waals surface area contributed by atoms with E-state index < -0.39 is 5.41 Å². The van der Waals surface area contributed by atoms with E-state index in [0.29, 0.717) is 6.42 Å². The lowest BCUT2D eigenvalue weighted by Gasteiger charge is -2.23. The Hall–Kier alpha value is -0.650. The van der Waals surface area contributed by atoms with Gasteiger partial charge in [0.25, 0.3) is 0 Å². The summed E-state index contributed by atoms with van der Waals surface area (Å²) in [6.45, 7) is 1.56. The van der Waals surface area contributed by atoms with Gasteiger partial charge in [-0.3, -0.25) is 4.79 Å². The van der Waals surface area contributed by atoms with Crippen LogP contribution in [-0.4, -0.2) is 47.7 Å². The molecule has 0 bridgehead atoms. The standard InChI is InChI=1S/C14H28O5/c1-14(10-16,11-17)12-19-13(18)8-6-4-2-3-5-7-9-15/h15-17H,2-12H2,1H3. The van der Waals surface area contributed by atoms with Gasteiger partial charge in [-0.1, -0.05) is 32.6 Å². The van der Waals surface area contributed by atoms with Crippen LogP contribution in [0.5, 0.6) is 0 Å². The van der Waals surface area contributed by atoms with Crippen molar-refractivity contribution in [2.24, 2.45) is 5.41 Å². The predicted molar refractivity (Wildman–Crippen MR) is 72.6 cm³/mol. The first kappa shape index (κ1) is 18.4. The van der Waals surface area contributed by atoms with E-state index in [9.17, 15) is 4.79 Å². The number of aliphatic hydroxyl groups excluding tert-OH is 3. The SMILES string of the molecule is CC(CO)(CO)COC(=O)CCCCCCCCO. The van der Waals surface area contributed by atoms with Crippen LogP contribution in [0.25, 0.3) is 0 Å². The predicted octanol–water partition coefficient (Wildman–Crippen LogP) is 1.24. The molecule has 0 saturated heterocycles. The quantitative estimate of drug-likeness (QED) is 0.369. The van der Waals surface area contributed by atoms with E-state index in [4.69, 9.17) is 20.1 Å². The summed E-state index contributed by atoms with van der Waals surface area (Å²) >= 11 is 0. The van der Waals surface area contributed by atoms with E-state index in [1.54, 1.807) is 6.92 Å². The average Bonchev–Trinajstić information content (AvgIpc) is 2.44. The number of aliphatic hydroxyl groups is 3. The van der Waals surface area contributed by atoms with Gasteiger partial charge in [-0.2, -0.15) is 0 Å². The van der Waals surface area contributed by atoms with Crippen LogP contribution in [0.15, 0.2) is 0 Å². The molecule has 0 amide bonds. The first-order valence-electron chi connectivity index (χ1n) is 7.06. The summed E-state index contributed by atoms with van der Waals surface area (Å²) in [7, 11) is 0. The maximum absolute atomic E-state index is 11.4. The lowest BCUT2D eigenvalue weighted by Crippen LogP contribution is -2.32. The largest absolute Gasteiger partial charge is 0.465 e. The molecule has 114 valence electrons. The van der Waals surface area contributed by atoms with Gasteiger partial charge in [0, 0.05) is 18.4 Å². The van der Waals surface area contributed by atoms with Gasteiger partial charge in [0.15, 0.2) is 0 Å². The van der Waals surface area contributed by atoms with E-state index in [1.165, 1.54) is 0 Å². The molecule has 0 spiro atoms. The molecule has 19 heavy (non-hydrogen) atoms. The molecule has 0 radical (unpaired) electrons. The number of esters is 1. The Morgan fingerprint density at radius 3 is 2.00 bits per heavy atom. The molecule has 5 heteroatoms. The van der Waals surface area contributed by atoms with Gasteiger partial charge < -0.3 is 20.1 Å². The molecule has 0 unspecified atom stereocenters. The molecule has 0 heterocycles. The molecular formula is C14H28O5. The topological polar surface area (TPSA) is 87.0 Å². The second-order valence-corrected chi connectivity index (χ2v) is 5.38. The molecule has 0 aromatic carbocycles.